The van der Waals surface area contributed by atoms with E-state index in [0.717, 1.165) is 24.2 Å². The minimum absolute atomic E-state index is 0.247. The predicted octanol–water partition coefficient (Wildman–Crippen LogP) is 3.53. The lowest BCUT2D eigenvalue weighted by molar-refractivity contribution is 0.0222. The number of fused-ring (bicyclic) bond motifs is 1. The quantitative estimate of drug-likeness (QED) is 0.848. The summed E-state index contributed by atoms with van der Waals surface area (Å²) in [4.78, 5) is 14.1. The van der Waals surface area contributed by atoms with Crippen molar-refractivity contribution in [3.05, 3.63) is 52.8 Å². The van der Waals surface area contributed by atoms with Crippen LogP contribution in [0.1, 0.15) is 43.3 Å². The van der Waals surface area contributed by atoms with Gasteiger partial charge in [-0.05, 0) is 33.3 Å². The number of benzene rings is 1. The minimum Gasteiger partial charge on any atom is -0.444 e. The van der Waals surface area contributed by atoms with Crippen molar-refractivity contribution in [1.82, 2.24) is 14.7 Å². The normalized spacial score (nSPS) is 14.4. The summed E-state index contributed by atoms with van der Waals surface area (Å²) >= 11 is 0. The molecule has 2 heterocycles. The van der Waals surface area contributed by atoms with Crippen molar-refractivity contribution >= 4 is 6.09 Å². The molecule has 24 heavy (non-hydrogen) atoms. The molecule has 0 saturated carbocycles. The molecule has 0 radical (unpaired) electrons. The van der Waals surface area contributed by atoms with Crippen LogP contribution in [0.15, 0.2) is 30.3 Å². The lowest BCUT2D eigenvalue weighted by atomic mass is 10.1. The smallest absolute Gasteiger partial charge is 0.410 e. The molecule has 0 N–H and O–H groups in total. The second-order valence-electron chi connectivity index (χ2n) is 7.31. The molecule has 0 aliphatic carbocycles. The SMILES string of the molecule is Cc1nn(Cc2ccccc2)c2c1CN(C(=O)OC(C)(C)C)CC2. The van der Waals surface area contributed by atoms with Gasteiger partial charge in [0, 0.05) is 24.2 Å². The van der Waals surface area contributed by atoms with E-state index in [-0.39, 0.29) is 6.09 Å². The van der Waals surface area contributed by atoms with Crippen molar-refractivity contribution in [2.24, 2.45) is 0 Å². The number of ether oxygens (including phenoxy) is 1. The fourth-order valence-corrected chi connectivity index (χ4v) is 3.03. The highest BCUT2D eigenvalue weighted by Gasteiger charge is 2.29. The Morgan fingerprint density at radius 1 is 1.25 bits per heavy atom. The van der Waals surface area contributed by atoms with E-state index in [9.17, 15) is 4.79 Å². The first-order chi connectivity index (χ1) is 11.3. The van der Waals surface area contributed by atoms with Gasteiger partial charge in [-0.1, -0.05) is 30.3 Å². The Labute approximate surface area is 143 Å². The van der Waals surface area contributed by atoms with Gasteiger partial charge < -0.3 is 9.64 Å². The zero-order valence-corrected chi connectivity index (χ0v) is 14.9. The van der Waals surface area contributed by atoms with E-state index in [4.69, 9.17) is 9.84 Å². The highest BCUT2D eigenvalue weighted by Crippen LogP contribution is 2.24. The van der Waals surface area contributed by atoms with Gasteiger partial charge in [-0.25, -0.2) is 4.79 Å². The van der Waals surface area contributed by atoms with E-state index in [2.05, 4.69) is 16.8 Å². The van der Waals surface area contributed by atoms with Gasteiger partial charge in [0.05, 0.1) is 18.8 Å². The molecule has 0 atom stereocenters. The second kappa shape index (κ2) is 6.30. The number of aromatic nitrogens is 2. The predicted molar refractivity (Wildman–Crippen MR) is 92.9 cm³/mol. The van der Waals surface area contributed by atoms with Crippen LogP contribution < -0.4 is 0 Å². The van der Waals surface area contributed by atoms with E-state index in [1.165, 1.54) is 11.3 Å². The maximum Gasteiger partial charge on any atom is 0.410 e. The van der Waals surface area contributed by atoms with Crippen LogP contribution in [-0.2, 0) is 24.2 Å². The molecular weight excluding hydrogens is 302 g/mol. The van der Waals surface area contributed by atoms with Crippen molar-refractivity contribution in [2.75, 3.05) is 6.54 Å². The van der Waals surface area contributed by atoms with E-state index in [0.29, 0.717) is 13.1 Å². The zero-order valence-electron chi connectivity index (χ0n) is 14.9. The summed E-state index contributed by atoms with van der Waals surface area (Å²) in [5, 5.41) is 4.69. The molecule has 128 valence electrons. The summed E-state index contributed by atoms with van der Waals surface area (Å²) in [5.74, 6) is 0. The molecule has 1 aliphatic heterocycles. The standard InChI is InChI=1S/C19H25N3O2/c1-14-16-13-21(18(23)24-19(2,3)4)11-10-17(16)22(20-14)12-15-8-6-5-7-9-15/h5-9H,10-13H2,1-4H3. The first-order valence-electron chi connectivity index (χ1n) is 8.40. The first kappa shape index (κ1) is 16.6. The highest BCUT2D eigenvalue weighted by atomic mass is 16.6. The Balaban J connectivity index is 1.77. The average molecular weight is 327 g/mol. The maximum atomic E-state index is 12.3. The van der Waals surface area contributed by atoms with Crippen LogP contribution in [-0.4, -0.2) is 32.9 Å². The summed E-state index contributed by atoms with van der Waals surface area (Å²) in [6.07, 6.45) is 0.561. The zero-order chi connectivity index (χ0) is 17.3. The van der Waals surface area contributed by atoms with Crippen molar-refractivity contribution < 1.29 is 9.53 Å². The number of hydrogen-bond acceptors (Lipinski definition) is 3. The molecule has 0 bridgehead atoms. The van der Waals surface area contributed by atoms with Crippen molar-refractivity contribution in [3.63, 3.8) is 0 Å². The molecule has 1 aromatic carbocycles. The van der Waals surface area contributed by atoms with Gasteiger partial charge in [0.2, 0.25) is 0 Å². The third-order valence-electron chi connectivity index (χ3n) is 4.16. The van der Waals surface area contributed by atoms with Crippen LogP contribution in [0.3, 0.4) is 0 Å². The largest absolute Gasteiger partial charge is 0.444 e. The summed E-state index contributed by atoms with van der Waals surface area (Å²) in [6, 6.07) is 10.3. The third kappa shape index (κ3) is 3.61. The van der Waals surface area contributed by atoms with E-state index >= 15 is 0 Å². The fraction of sp³-hybridized carbons (Fsp3) is 0.474. The van der Waals surface area contributed by atoms with Crippen molar-refractivity contribution in [3.8, 4) is 0 Å². The van der Waals surface area contributed by atoms with Gasteiger partial charge in [-0.15, -0.1) is 0 Å². The van der Waals surface area contributed by atoms with Gasteiger partial charge in [0.25, 0.3) is 0 Å². The molecular formula is C19H25N3O2. The summed E-state index contributed by atoms with van der Waals surface area (Å²) in [5.41, 5.74) is 4.15. The van der Waals surface area contributed by atoms with Crippen LogP contribution in [0.5, 0.6) is 0 Å². The summed E-state index contributed by atoms with van der Waals surface area (Å²) < 4.78 is 7.57. The Kier molecular flexibility index (Phi) is 4.35. The van der Waals surface area contributed by atoms with Gasteiger partial charge in [-0.2, -0.15) is 5.10 Å². The van der Waals surface area contributed by atoms with Crippen LogP contribution in [0, 0.1) is 6.92 Å². The van der Waals surface area contributed by atoms with Gasteiger partial charge in [0.1, 0.15) is 5.60 Å². The molecule has 5 heteroatoms. The third-order valence-corrected chi connectivity index (χ3v) is 4.16. The van der Waals surface area contributed by atoms with E-state index < -0.39 is 5.60 Å². The average Bonchev–Trinajstić information content (AvgIpc) is 2.82. The molecule has 5 nitrogen and oxygen atoms in total. The summed E-state index contributed by atoms with van der Waals surface area (Å²) in [6.45, 7) is 9.70. The molecule has 1 aliphatic rings. The van der Waals surface area contributed by atoms with Crippen LogP contribution in [0.2, 0.25) is 0 Å². The number of carbonyl (C=O) groups excluding carboxylic acids is 1. The molecule has 3 rings (SSSR count). The van der Waals surface area contributed by atoms with Crippen molar-refractivity contribution in [2.45, 2.75) is 52.8 Å². The summed E-state index contributed by atoms with van der Waals surface area (Å²) in [7, 11) is 0. The monoisotopic (exact) mass is 327 g/mol. The highest BCUT2D eigenvalue weighted by molar-refractivity contribution is 5.68. The number of rotatable bonds is 2. The Morgan fingerprint density at radius 2 is 1.96 bits per heavy atom. The van der Waals surface area contributed by atoms with Crippen LogP contribution in [0.25, 0.3) is 0 Å². The number of aryl methyl sites for hydroxylation is 1. The molecule has 0 saturated heterocycles. The molecule has 1 aromatic heterocycles. The lowest BCUT2D eigenvalue weighted by Crippen LogP contribution is -2.40. The molecule has 0 spiro atoms. The maximum absolute atomic E-state index is 12.3. The number of hydrogen-bond donors (Lipinski definition) is 0. The van der Waals surface area contributed by atoms with Gasteiger partial charge >= 0.3 is 6.09 Å². The Morgan fingerprint density at radius 3 is 2.62 bits per heavy atom. The molecule has 0 unspecified atom stereocenters. The Hall–Kier alpha value is -2.30. The number of nitrogens with zero attached hydrogens (tertiary/aromatic N) is 3. The number of amides is 1. The lowest BCUT2D eigenvalue weighted by Gasteiger charge is -2.30. The molecule has 2 aromatic rings. The van der Waals surface area contributed by atoms with Gasteiger partial charge in [0.15, 0.2) is 0 Å². The van der Waals surface area contributed by atoms with Crippen LogP contribution in [0.4, 0.5) is 4.79 Å². The minimum atomic E-state index is -0.468. The van der Waals surface area contributed by atoms with Gasteiger partial charge in [-0.3, -0.25) is 4.68 Å². The first-order valence-corrected chi connectivity index (χ1v) is 8.40. The molecule has 0 fully saturated rings. The van der Waals surface area contributed by atoms with Crippen LogP contribution >= 0.6 is 0 Å². The number of carbonyl (C=O) groups is 1. The van der Waals surface area contributed by atoms with E-state index in [1.54, 1.807) is 4.90 Å². The molecule has 1 amide bonds. The topological polar surface area (TPSA) is 47.4 Å². The second-order valence-corrected chi connectivity index (χ2v) is 7.31. The van der Waals surface area contributed by atoms with E-state index in [1.807, 2.05) is 45.9 Å². The Bertz CT molecular complexity index is 729. The van der Waals surface area contributed by atoms with Crippen molar-refractivity contribution in [1.29, 1.82) is 0 Å². The fourth-order valence-electron chi connectivity index (χ4n) is 3.03.